The molecule has 240 valence electrons. The first-order valence-corrected chi connectivity index (χ1v) is 17.4. The van der Waals surface area contributed by atoms with Gasteiger partial charge in [0, 0.05) is 38.8 Å². The van der Waals surface area contributed by atoms with Crippen LogP contribution >= 0.6 is 0 Å². The highest BCUT2D eigenvalue weighted by Crippen LogP contribution is 2.45. The van der Waals surface area contributed by atoms with Crippen molar-refractivity contribution in [3.8, 4) is 27.9 Å². The molecule has 10 rings (SSSR count). The minimum Gasteiger partial charge on any atom is -0.456 e. The van der Waals surface area contributed by atoms with E-state index in [1.165, 1.54) is 21.9 Å². The number of aromatic nitrogens is 1. The van der Waals surface area contributed by atoms with Crippen molar-refractivity contribution in [1.82, 2.24) is 4.57 Å². The van der Waals surface area contributed by atoms with Gasteiger partial charge in [0.05, 0.1) is 22.1 Å². The molecule has 0 radical (unpaired) electrons. The lowest BCUT2D eigenvalue weighted by Crippen LogP contribution is -2.10. The topological polar surface area (TPSA) is 21.3 Å². The van der Waals surface area contributed by atoms with E-state index in [1.54, 1.807) is 0 Å². The molecule has 0 unspecified atom stereocenters. The summed E-state index contributed by atoms with van der Waals surface area (Å²) in [4.78, 5) is 2.35. The van der Waals surface area contributed by atoms with Crippen molar-refractivity contribution in [1.29, 1.82) is 0 Å². The predicted molar refractivity (Wildman–Crippen MR) is 214 cm³/mol. The molecule has 0 atom stereocenters. The fraction of sp³-hybridized carbons (Fsp3) is 0. The number of rotatable bonds is 6. The van der Waals surface area contributed by atoms with Crippen LogP contribution in [0.4, 0.5) is 17.1 Å². The van der Waals surface area contributed by atoms with Crippen molar-refractivity contribution in [3.05, 3.63) is 194 Å². The van der Waals surface area contributed by atoms with E-state index in [4.69, 9.17) is 4.42 Å². The summed E-state index contributed by atoms with van der Waals surface area (Å²) in [6.07, 6.45) is 0. The zero-order valence-corrected chi connectivity index (χ0v) is 27.8. The highest BCUT2D eigenvalue weighted by molar-refractivity contribution is 6.17. The van der Waals surface area contributed by atoms with E-state index < -0.39 is 0 Å². The number of benzene rings is 8. The minimum absolute atomic E-state index is 0.873. The van der Waals surface area contributed by atoms with E-state index in [2.05, 4.69) is 198 Å². The van der Waals surface area contributed by atoms with Crippen LogP contribution in [-0.4, -0.2) is 4.57 Å². The van der Waals surface area contributed by atoms with Gasteiger partial charge in [0.2, 0.25) is 0 Å². The van der Waals surface area contributed by atoms with Crippen LogP contribution in [0.1, 0.15) is 0 Å². The SMILES string of the molecule is c1ccc(-c2ccc(N(c3ccccc3)c3ccc4c5ccccc5n(-c5c(-c6ccccc6)ccc6oc7ccccc7c56)c4c3)cc2)cc1. The molecule has 0 aliphatic rings. The summed E-state index contributed by atoms with van der Waals surface area (Å²) >= 11 is 0. The van der Waals surface area contributed by atoms with E-state index in [0.717, 1.165) is 66.8 Å². The normalized spacial score (nSPS) is 11.5. The molecule has 0 saturated carbocycles. The molecule has 0 saturated heterocycles. The summed E-state index contributed by atoms with van der Waals surface area (Å²) in [5.41, 5.74) is 13.1. The van der Waals surface area contributed by atoms with Gasteiger partial charge in [-0.25, -0.2) is 0 Å². The lowest BCUT2D eigenvalue weighted by Gasteiger charge is -2.26. The highest BCUT2D eigenvalue weighted by atomic mass is 16.3. The third-order valence-electron chi connectivity index (χ3n) is 9.99. The Morgan fingerprint density at radius 3 is 1.71 bits per heavy atom. The van der Waals surface area contributed by atoms with Gasteiger partial charge in [-0.1, -0.05) is 133 Å². The van der Waals surface area contributed by atoms with E-state index in [1.807, 2.05) is 6.07 Å². The monoisotopic (exact) mass is 652 g/mol. The van der Waals surface area contributed by atoms with Crippen LogP contribution in [0.15, 0.2) is 199 Å². The summed E-state index contributed by atoms with van der Waals surface area (Å²) < 4.78 is 8.96. The molecule has 0 bridgehead atoms. The number of fused-ring (bicyclic) bond motifs is 6. The average molecular weight is 653 g/mol. The maximum atomic E-state index is 6.50. The summed E-state index contributed by atoms with van der Waals surface area (Å²) in [5, 5.41) is 4.62. The number of hydrogen-bond acceptors (Lipinski definition) is 2. The molecule has 3 nitrogen and oxygen atoms in total. The molecule has 0 spiro atoms. The van der Waals surface area contributed by atoms with Crippen LogP contribution in [-0.2, 0) is 0 Å². The van der Waals surface area contributed by atoms with Gasteiger partial charge in [0.15, 0.2) is 0 Å². The summed E-state index contributed by atoms with van der Waals surface area (Å²) in [7, 11) is 0. The summed E-state index contributed by atoms with van der Waals surface area (Å²) in [6, 6.07) is 69.1. The Morgan fingerprint density at radius 2 is 0.941 bits per heavy atom. The Kier molecular flexibility index (Phi) is 6.81. The van der Waals surface area contributed by atoms with Gasteiger partial charge in [-0.15, -0.1) is 0 Å². The fourth-order valence-corrected chi connectivity index (χ4v) is 7.68. The Bertz CT molecular complexity index is 2830. The molecule has 0 N–H and O–H groups in total. The highest BCUT2D eigenvalue weighted by Gasteiger charge is 2.23. The molecule has 0 aliphatic carbocycles. The Morgan fingerprint density at radius 1 is 0.373 bits per heavy atom. The van der Waals surface area contributed by atoms with Crippen LogP contribution in [0.5, 0.6) is 0 Å². The zero-order chi connectivity index (χ0) is 33.7. The Balaban J connectivity index is 1.26. The lowest BCUT2D eigenvalue weighted by atomic mass is 9.99. The van der Waals surface area contributed by atoms with Gasteiger partial charge >= 0.3 is 0 Å². The molecule has 51 heavy (non-hydrogen) atoms. The predicted octanol–water partition coefficient (Wildman–Crippen LogP) is 13.5. The molecule has 0 aliphatic heterocycles. The number of furan rings is 1. The quantitative estimate of drug-likeness (QED) is 0.178. The third-order valence-corrected chi connectivity index (χ3v) is 9.99. The molecule has 2 heterocycles. The minimum atomic E-state index is 0.873. The molecule has 0 fully saturated rings. The van der Waals surface area contributed by atoms with Gasteiger partial charge in [-0.05, 0) is 77.4 Å². The average Bonchev–Trinajstić information content (AvgIpc) is 3.75. The van der Waals surface area contributed by atoms with Gasteiger partial charge in [0.1, 0.15) is 11.2 Å². The smallest absolute Gasteiger partial charge is 0.137 e. The van der Waals surface area contributed by atoms with Crippen molar-refractivity contribution in [2.45, 2.75) is 0 Å². The van der Waals surface area contributed by atoms with Gasteiger partial charge in [-0.2, -0.15) is 0 Å². The first-order valence-electron chi connectivity index (χ1n) is 17.4. The zero-order valence-electron chi connectivity index (χ0n) is 27.8. The number of hydrogen-bond donors (Lipinski definition) is 0. The third kappa shape index (κ3) is 4.82. The van der Waals surface area contributed by atoms with Crippen molar-refractivity contribution >= 4 is 60.8 Å². The maximum absolute atomic E-state index is 6.50. The molecule has 8 aromatic carbocycles. The van der Waals surface area contributed by atoms with Gasteiger partial charge in [-0.3, -0.25) is 0 Å². The summed E-state index contributed by atoms with van der Waals surface area (Å²) in [5.74, 6) is 0. The molecule has 3 heteroatoms. The second-order valence-corrected chi connectivity index (χ2v) is 12.9. The molecular weight excluding hydrogens is 621 g/mol. The largest absolute Gasteiger partial charge is 0.456 e. The van der Waals surface area contributed by atoms with E-state index >= 15 is 0 Å². The first kappa shape index (κ1) is 29.1. The van der Waals surface area contributed by atoms with Crippen LogP contribution < -0.4 is 4.90 Å². The fourth-order valence-electron chi connectivity index (χ4n) is 7.68. The standard InChI is InChI=1S/C48H32N2O/c1-4-14-33(15-5-1)34-24-26-37(27-25-34)49(36-18-8-3-9-19-36)38-28-29-41-40-20-10-12-22-43(40)50(44(41)32-38)48-39(35-16-6-2-7-17-35)30-31-46-47(48)42-21-11-13-23-45(42)51-46/h1-32H. The Hall–Kier alpha value is -6.84. The molecule has 0 amide bonds. The summed E-state index contributed by atoms with van der Waals surface area (Å²) in [6.45, 7) is 0. The van der Waals surface area contributed by atoms with Crippen molar-refractivity contribution in [2.75, 3.05) is 4.90 Å². The Labute approximate surface area is 295 Å². The van der Waals surface area contributed by atoms with Crippen LogP contribution in [0.3, 0.4) is 0 Å². The molecule has 2 aromatic heterocycles. The first-order chi connectivity index (χ1) is 25.3. The van der Waals surface area contributed by atoms with E-state index in [0.29, 0.717) is 0 Å². The molecular formula is C48H32N2O. The second kappa shape index (κ2) is 11.9. The van der Waals surface area contributed by atoms with Gasteiger partial charge in [0.25, 0.3) is 0 Å². The van der Waals surface area contributed by atoms with Crippen LogP contribution in [0, 0.1) is 0 Å². The van der Waals surface area contributed by atoms with Crippen molar-refractivity contribution in [2.24, 2.45) is 0 Å². The van der Waals surface area contributed by atoms with Gasteiger partial charge < -0.3 is 13.9 Å². The lowest BCUT2D eigenvalue weighted by molar-refractivity contribution is 0.669. The van der Waals surface area contributed by atoms with E-state index in [-0.39, 0.29) is 0 Å². The van der Waals surface area contributed by atoms with E-state index in [9.17, 15) is 0 Å². The van der Waals surface area contributed by atoms with Crippen molar-refractivity contribution in [3.63, 3.8) is 0 Å². The number of anilines is 3. The van der Waals surface area contributed by atoms with Crippen LogP contribution in [0.2, 0.25) is 0 Å². The number of nitrogens with zero attached hydrogens (tertiary/aromatic N) is 2. The number of para-hydroxylation sites is 3. The maximum Gasteiger partial charge on any atom is 0.137 e. The van der Waals surface area contributed by atoms with Crippen LogP contribution in [0.25, 0.3) is 71.7 Å². The van der Waals surface area contributed by atoms with Crippen molar-refractivity contribution < 1.29 is 4.42 Å². The molecule has 10 aromatic rings. The second-order valence-electron chi connectivity index (χ2n) is 12.9.